The molecule has 3 rings (SSSR count). The molecule has 29 heavy (non-hydrogen) atoms. The summed E-state index contributed by atoms with van der Waals surface area (Å²) in [4.78, 5) is 24.5. The molecule has 152 valence electrons. The second-order valence-electron chi connectivity index (χ2n) is 7.40. The topological polar surface area (TPSA) is 79.5 Å². The van der Waals surface area contributed by atoms with Gasteiger partial charge >= 0.3 is 0 Å². The molecule has 7 heteroatoms. The first-order valence-corrected chi connectivity index (χ1v) is 10.0. The number of thiocarbonyl (C=S) groups is 1. The van der Waals surface area contributed by atoms with E-state index in [1.807, 2.05) is 39.0 Å². The molecule has 0 saturated heterocycles. The third-order valence-electron chi connectivity index (χ3n) is 4.40. The fourth-order valence-corrected chi connectivity index (χ4v) is 2.95. The number of hydrogen-bond donors (Lipinski definition) is 3. The van der Waals surface area contributed by atoms with Gasteiger partial charge in [-0.05, 0) is 81.7 Å². The Hall–Kier alpha value is -2.93. The molecule has 0 radical (unpaired) electrons. The molecular weight excluding hydrogens is 386 g/mol. The molecule has 0 atom stereocenters. The highest BCUT2D eigenvalue weighted by Gasteiger charge is 2.29. The van der Waals surface area contributed by atoms with Gasteiger partial charge in [0.1, 0.15) is 5.75 Å². The van der Waals surface area contributed by atoms with Crippen LogP contribution in [0.25, 0.3) is 0 Å². The van der Waals surface area contributed by atoms with Crippen LogP contribution in [0, 0.1) is 12.8 Å². The third-order valence-corrected chi connectivity index (χ3v) is 4.60. The van der Waals surface area contributed by atoms with Crippen molar-refractivity contribution in [2.24, 2.45) is 5.92 Å². The predicted octanol–water partition coefficient (Wildman–Crippen LogP) is 4.26. The van der Waals surface area contributed by atoms with Crippen LogP contribution in [-0.2, 0) is 4.79 Å². The number of amides is 2. The summed E-state index contributed by atoms with van der Waals surface area (Å²) >= 11 is 5.27. The van der Waals surface area contributed by atoms with Gasteiger partial charge in [0.2, 0.25) is 5.91 Å². The Labute approximate surface area is 176 Å². The van der Waals surface area contributed by atoms with Crippen LogP contribution in [-0.4, -0.2) is 23.0 Å². The summed E-state index contributed by atoms with van der Waals surface area (Å²) in [5.74, 6) is 0.471. The van der Waals surface area contributed by atoms with Gasteiger partial charge < -0.3 is 15.4 Å². The Bertz CT molecular complexity index is 939. The van der Waals surface area contributed by atoms with Crippen LogP contribution in [0.1, 0.15) is 42.6 Å². The van der Waals surface area contributed by atoms with E-state index >= 15 is 0 Å². The highest BCUT2D eigenvalue weighted by Crippen LogP contribution is 2.31. The van der Waals surface area contributed by atoms with E-state index in [1.165, 1.54) is 0 Å². The van der Waals surface area contributed by atoms with Crippen molar-refractivity contribution in [1.82, 2.24) is 5.32 Å². The minimum atomic E-state index is -0.328. The van der Waals surface area contributed by atoms with E-state index in [2.05, 4.69) is 16.0 Å². The van der Waals surface area contributed by atoms with Crippen LogP contribution in [0.5, 0.6) is 5.75 Å². The highest BCUT2D eigenvalue weighted by atomic mass is 32.1. The van der Waals surface area contributed by atoms with Gasteiger partial charge in [0.05, 0.1) is 6.10 Å². The van der Waals surface area contributed by atoms with Crippen LogP contribution >= 0.6 is 12.2 Å². The van der Waals surface area contributed by atoms with Crippen molar-refractivity contribution in [3.8, 4) is 5.75 Å². The van der Waals surface area contributed by atoms with Crippen LogP contribution in [0.2, 0.25) is 0 Å². The van der Waals surface area contributed by atoms with Crippen LogP contribution in [0.15, 0.2) is 42.5 Å². The second-order valence-corrected chi connectivity index (χ2v) is 7.80. The first-order chi connectivity index (χ1) is 13.8. The Morgan fingerprint density at radius 1 is 1.10 bits per heavy atom. The lowest BCUT2D eigenvalue weighted by atomic mass is 10.1. The molecule has 6 nitrogen and oxygen atoms in total. The highest BCUT2D eigenvalue weighted by molar-refractivity contribution is 7.80. The predicted molar refractivity (Wildman–Crippen MR) is 118 cm³/mol. The molecule has 2 amide bonds. The number of benzene rings is 2. The molecule has 1 saturated carbocycles. The van der Waals surface area contributed by atoms with Gasteiger partial charge in [-0.15, -0.1) is 0 Å². The minimum absolute atomic E-state index is 0.0205. The van der Waals surface area contributed by atoms with Crippen LogP contribution in [0.4, 0.5) is 11.4 Å². The van der Waals surface area contributed by atoms with Crippen molar-refractivity contribution in [2.45, 2.75) is 39.7 Å². The molecule has 1 fully saturated rings. The molecular formula is C22H25N3O3S. The summed E-state index contributed by atoms with van der Waals surface area (Å²) < 4.78 is 5.62. The van der Waals surface area contributed by atoms with Crippen molar-refractivity contribution in [1.29, 1.82) is 0 Å². The van der Waals surface area contributed by atoms with Gasteiger partial charge in [0, 0.05) is 22.9 Å². The number of carbonyl (C=O) groups excluding carboxylic acids is 2. The lowest BCUT2D eigenvalue weighted by Gasteiger charge is -2.14. The van der Waals surface area contributed by atoms with Crippen molar-refractivity contribution < 1.29 is 14.3 Å². The van der Waals surface area contributed by atoms with E-state index in [0.717, 1.165) is 24.1 Å². The van der Waals surface area contributed by atoms with Gasteiger partial charge in [0.15, 0.2) is 5.11 Å². The van der Waals surface area contributed by atoms with Crippen molar-refractivity contribution in [3.05, 3.63) is 53.6 Å². The zero-order chi connectivity index (χ0) is 21.0. The third kappa shape index (κ3) is 6.02. The molecule has 0 unspecified atom stereocenters. The summed E-state index contributed by atoms with van der Waals surface area (Å²) in [5, 5.41) is 8.78. The molecule has 0 aromatic heterocycles. The molecule has 0 heterocycles. The lowest BCUT2D eigenvalue weighted by molar-refractivity contribution is -0.117. The zero-order valence-corrected chi connectivity index (χ0v) is 17.6. The summed E-state index contributed by atoms with van der Waals surface area (Å²) in [6.45, 7) is 5.78. The summed E-state index contributed by atoms with van der Waals surface area (Å²) in [6.07, 6.45) is 1.91. The Morgan fingerprint density at radius 2 is 1.86 bits per heavy atom. The van der Waals surface area contributed by atoms with E-state index in [-0.39, 0.29) is 28.9 Å². The number of ether oxygens (including phenoxy) is 1. The molecule has 1 aliphatic carbocycles. The van der Waals surface area contributed by atoms with E-state index < -0.39 is 0 Å². The Kier molecular flexibility index (Phi) is 6.49. The zero-order valence-electron chi connectivity index (χ0n) is 16.7. The maximum atomic E-state index is 12.5. The smallest absolute Gasteiger partial charge is 0.257 e. The quantitative estimate of drug-likeness (QED) is 0.619. The van der Waals surface area contributed by atoms with Crippen LogP contribution < -0.4 is 20.7 Å². The summed E-state index contributed by atoms with van der Waals surface area (Å²) in [7, 11) is 0. The Balaban J connectivity index is 1.61. The van der Waals surface area contributed by atoms with Gasteiger partial charge in [-0.25, -0.2) is 0 Å². The number of aryl methyl sites for hydroxylation is 1. The average molecular weight is 412 g/mol. The second kappa shape index (κ2) is 9.05. The monoisotopic (exact) mass is 411 g/mol. The first kappa shape index (κ1) is 20.8. The maximum Gasteiger partial charge on any atom is 0.257 e. The van der Waals surface area contributed by atoms with Crippen molar-refractivity contribution >= 4 is 40.5 Å². The van der Waals surface area contributed by atoms with E-state index in [9.17, 15) is 9.59 Å². The van der Waals surface area contributed by atoms with E-state index in [1.54, 1.807) is 24.3 Å². The molecule has 2 aromatic carbocycles. The van der Waals surface area contributed by atoms with E-state index in [4.69, 9.17) is 17.0 Å². The SMILES string of the molecule is Cc1ccc(NC(=S)NC(=O)c2cccc(OC(C)C)c2)cc1NC(=O)C1CC1. The maximum absolute atomic E-state index is 12.5. The number of hydrogen-bond acceptors (Lipinski definition) is 4. The molecule has 0 aliphatic heterocycles. The van der Waals surface area contributed by atoms with Crippen molar-refractivity contribution in [2.75, 3.05) is 10.6 Å². The summed E-state index contributed by atoms with van der Waals surface area (Å²) in [6, 6.07) is 12.5. The Morgan fingerprint density at radius 3 is 2.55 bits per heavy atom. The molecule has 3 N–H and O–H groups in total. The molecule has 1 aliphatic rings. The number of rotatable bonds is 6. The van der Waals surface area contributed by atoms with E-state index in [0.29, 0.717) is 17.0 Å². The largest absolute Gasteiger partial charge is 0.491 e. The number of carbonyl (C=O) groups is 2. The molecule has 0 bridgehead atoms. The van der Waals surface area contributed by atoms with Gasteiger partial charge in [-0.2, -0.15) is 0 Å². The molecule has 2 aromatic rings. The van der Waals surface area contributed by atoms with Crippen molar-refractivity contribution in [3.63, 3.8) is 0 Å². The summed E-state index contributed by atoms with van der Waals surface area (Å²) in [5.41, 5.74) is 2.83. The number of nitrogens with one attached hydrogen (secondary N) is 3. The lowest BCUT2D eigenvalue weighted by Crippen LogP contribution is -2.34. The molecule has 0 spiro atoms. The average Bonchev–Trinajstić information content (AvgIpc) is 3.49. The van der Waals surface area contributed by atoms with Gasteiger partial charge in [-0.3, -0.25) is 14.9 Å². The number of anilines is 2. The first-order valence-electron chi connectivity index (χ1n) is 9.62. The fourth-order valence-electron chi connectivity index (χ4n) is 2.74. The standard InChI is InChI=1S/C22H25N3O3S/c1-13(2)28-18-6-4-5-16(11-18)21(27)25-22(29)23-17-10-7-14(3)19(12-17)24-20(26)15-8-9-15/h4-7,10-13,15H,8-9H2,1-3H3,(H,24,26)(H2,23,25,27,29). The minimum Gasteiger partial charge on any atom is -0.491 e. The van der Waals surface area contributed by atoms with Gasteiger partial charge in [0.25, 0.3) is 5.91 Å². The van der Waals surface area contributed by atoms with Gasteiger partial charge in [-0.1, -0.05) is 12.1 Å². The fraction of sp³-hybridized carbons (Fsp3) is 0.318. The normalized spacial score (nSPS) is 13.0. The van der Waals surface area contributed by atoms with Crippen LogP contribution in [0.3, 0.4) is 0 Å².